The summed E-state index contributed by atoms with van der Waals surface area (Å²) >= 11 is 0. The maximum absolute atomic E-state index is 12.0. The van der Waals surface area contributed by atoms with E-state index in [-0.39, 0.29) is 12.3 Å². The number of pyridine rings is 1. The molecule has 0 unspecified atom stereocenters. The molecule has 0 atom stereocenters. The first-order valence-corrected chi connectivity index (χ1v) is 6.14. The van der Waals surface area contributed by atoms with Crippen LogP contribution >= 0.6 is 0 Å². The van der Waals surface area contributed by atoms with E-state index in [9.17, 15) is 4.79 Å². The van der Waals surface area contributed by atoms with Crippen molar-refractivity contribution in [1.82, 2.24) is 4.98 Å². The Kier molecular flexibility index (Phi) is 4.55. The number of methoxy groups -OCH3 is 2. The Morgan fingerprint density at radius 2 is 2.05 bits per heavy atom. The molecule has 5 heteroatoms. The lowest BCUT2D eigenvalue weighted by Gasteiger charge is -2.10. The van der Waals surface area contributed by atoms with E-state index in [1.54, 1.807) is 44.7 Å². The largest absolute Gasteiger partial charge is 0.497 e. The van der Waals surface area contributed by atoms with Crippen LogP contribution in [0.2, 0.25) is 0 Å². The minimum atomic E-state index is -0.146. The van der Waals surface area contributed by atoms with Crippen molar-refractivity contribution in [2.75, 3.05) is 19.5 Å². The minimum Gasteiger partial charge on any atom is -0.497 e. The lowest BCUT2D eigenvalue weighted by Crippen LogP contribution is -2.15. The zero-order valence-corrected chi connectivity index (χ0v) is 11.4. The number of amides is 1. The van der Waals surface area contributed by atoms with E-state index < -0.39 is 0 Å². The van der Waals surface area contributed by atoms with Crippen LogP contribution in [-0.2, 0) is 11.2 Å². The van der Waals surface area contributed by atoms with Gasteiger partial charge in [-0.05, 0) is 18.2 Å². The third-order valence-electron chi connectivity index (χ3n) is 2.78. The number of hydrogen-bond acceptors (Lipinski definition) is 4. The van der Waals surface area contributed by atoms with E-state index in [1.165, 1.54) is 0 Å². The van der Waals surface area contributed by atoms with Gasteiger partial charge in [-0.1, -0.05) is 12.1 Å². The molecule has 20 heavy (non-hydrogen) atoms. The van der Waals surface area contributed by atoms with Gasteiger partial charge < -0.3 is 14.8 Å². The molecule has 0 bridgehead atoms. The molecule has 0 aliphatic heterocycles. The van der Waals surface area contributed by atoms with Gasteiger partial charge in [0.15, 0.2) is 0 Å². The molecule has 0 aliphatic rings. The average molecular weight is 272 g/mol. The van der Waals surface area contributed by atoms with Gasteiger partial charge in [-0.3, -0.25) is 4.79 Å². The van der Waals surface area contributed by atoms with Crippen molar-refractivity contribution in [1.29, 1.82) is 0 Å². The molecule has 1 aromatic heterocycles. The van der Waals surface area contributed by atoms with E-state index in [0.29, 0.717) is 17.3 Å². The first kappa shape index (κ1) is 13.9. The summed E-state index contributed by atoms with van der Waals surface area (Å²) in [4.78, 5) is 16.0. The molecule has 0 fully saturated rings. The second kappa shape index (κ2) is 6.56. The van der Waals surface area contributed by atoms with Crippen LogP contribution in [-0.4, -0.2) is 25.1 Å². The summed E-state index contributed by atoms with van der Waals surface area (Å²) in [6, 6.07) is 10.7. The molecule has 1 amide bonds. The van der Waals surface area contributed by atoms with Gasteiger partial charge in [0.25, 0.3) is 0 Å². The fourth-order valence-corrected chi connectivity index (χ4v) is 1.79. The van der Waals surface area contributed by atoms with Gasteiger partial charge in [0, 0.05) is 17.8 Å². The van der Waals surface area contributed by atoms with E-state index in [2.05, 4.69) is 10.3 Å². The van der Waals surface area contributed by atoms with Gasteiger partial charge in [-0.25, -0.2) is 4.98 Å². The number of aromatic nitrogens is 1. The van der Waals surface area contributed by atoms with Gasteiger partial charge in [-0.2, -0.15) is 0 Å². The van der Waals surface area contributed by atoms with Crippen molar-refractivity contribution in [3.8, 4) is 11.5 Å². The van der Waals surface area contributed by atoms with Crippen molar-refractivity contribution < 1.29 is 14.3 Å². The third-order valence-corrected chi connectivity index (χ3v) is 2.78. The van der Waals surface area contributed by atoms with Gasteiger partial charge >= 0.3 is 0 Å². The average Bonchev–Trinajstić information content (AvgIpc) is 2.48. The lowest BCUT2D eigenvalue weighted by molar-refractivity contribution is -0.115. The smallest absolute Gasteiger partial charge is 0.230 e. The molecule has 0 spiro atoms. The minimum absolute atomic E-state index is 0.146. The summed E-state index contributed by atoms with van der Waals surface area (Å²) in [5.74, 6) is 1.70. The Labute approximate surface area is 117 Å². The molecule has 104 valence electrons. The fraction of sp³-hybridized carbons (Fsp3) is 0.200. The van der Waals surface area contributed by atoms with Crippen LogP contribution in [0.5, 0.6) is 11.5 Å². The van der Waals surface area contributed by atoms with E-state index in [4.69, 9.17) is 9.47 Å². The molecule has 1 heterocycles. The highest BCUT2D eigenvalue weighted by Crippen LogP contribution is 2.25. The highest BCUT2D eigenvalue weighted by atomic mass is 16.5. The van der Waals surface area contributed by atoms with Crippen molar-refractivity contribution in [3.05, 3.63) is 48.2 Å². The number of hydrogen-bond donors (Lipinski definition) is 1. The van der Waals surface area contributed by atoms with Crippen LogP contribution < -0.4 is 14.8 Å². The maximum atomic E-state index is 12.0. The molecule has 1 aromatic carbocycles. The number of benzene rings is 1. The zero-order chi connectivity index (χ0) is 14.4. The number of ether oxygens (including phenoxy) is 2. The number of carbonyl (C=O) groups is 1. The molecular formula is C15H16N2O3. The maximum Gasteiger partial charge on any atom is 0.230 e. The molecule has 5 nitrogen and oxygen atoms in total. The summed E-state index contributed by atoms with van der Waals surface area (Å²) in [6.45, 7) is 0. The Morgan fingerprint density at radius 1 is 1.20 bits per heavy atom. The van der Waals surface area contributed by atoms with Crippen LogP contribution in [0.1, 0.15) is 5.56 Å². The summed E-state index contributed by atoms with van der Waals surface area (Å²) in [7, 11) is 3.15. The molecule has 0 aliphatic carbocycles. The van der Waals surface area contributed by atoms with Crippen molar-refractivity contribution in [2.24, 2.45) is 0 Å². The van der Waals surface area contributed by atoms with Crippen molar-refractivity contribution in [3.63, 3.8) is 0 Å². The standard InChI is InChI=1S/C15H16N2O3/c1-19-12-7-6-11(13(10-12)20-2)9-15(18)17-14-5-3-4-8-16-14/h3-8,10H,9H2,1-2H3,(H,16,17,18). The predicted molar refractivity (Wildman–Crippen MR) is 76.1 cm³/mol. The Morgan fingerprint density at radius 3 is 2.70 bits per heavy atom. The van der Waals surface area contributed by atoms with E-state index in [1.807, 2.05) is 12.1 Å². The Bertz CT molecular complexity index is 585. The number of nitrogens with one attached hydrogen (secondary N) is 1. The number of nitrogens with zero attached hydrogens (tertiary/aromatic N) is 1. The SMILES string of the molecule is COc1ccc(CC(=O)Nc2ccccn2)c(OC)c1. The second-order valence-corrected chi connectivity index (χ2v) is 4.12. The van der Waals surface area contributed by atoms with E-state index >= 15 is 0 Å². The number of carbonyl (C=O) groups excluding carboxylic acids is 1. The molecular weight excluding hydrogens is 256 g/mol. The van der Waals surface area contributed by atoms with Crippen LogP contribution in [0.3, 0.4) is 0 Å². The van der Waals surface area contributed by atoms with Crippen molar-refractivity contribution >= 4 is 11.7 Å². The highest BCUT2D eigenvalue weighted by molar-refractivity contribution is 5.91. The normalized spacial score (nSPS) is 9.90. The van der Waals surface area contributed by atoms with Gasteiger partial charge in [0.05, 0.1) is 20.6 Å². The highest BCUT2D eigenvalue weighted by Gasteiger charge is 2.10. The van der Waals surface area contributed by atoms with Gasteiger partial charge in [-0.15, -0.1) is 0 Å². The molecule has 0 saturated carbocycles. The second-order valence-electron chi connectivity index (χ2n) is 4.12. The van der Waals surface area contributed by atoms with Gasteiger partial charge in [0.2, 0.25) is 5.91 Å². The summed E-state index contributed by atoms with van der Waals surface area (Å²) < 4.78 is 10.4. The summed E-state index contributed by atoms with van der Waals surface area (Å²) in [6.07, 6.45) is 1.84. The monoisotopic (exact) mass is 272 g/mol. The molecule has 0 radical (unpaired) electrons. The summed E-state index contributed by atoms with van der Waals surface area (Å²) in [5.41, 5.74) is 0.793. The topological polar surface area (TPSA) is 60.5 Å². The Hall–Kier alpha value is -2.56. The molecule has 0 saturated heterocycles. The predicted octanol–water partition coefficient (Wildman–Crippen LogP) is 2.28. The number of anilines is 1. The molecule has 2 rings (SSSR count). The van der Waals surface area contributed by atoms with E-state index in [0.717, 1.165) is 5.56 Å². The fourth-order valence-electron chi connectivity index (χ4n) is 1.79. The van der Waals surface area contributed by atoms with Crippen LogP contribution in [0.25, 0.3) is 0 Å². The van der Waals surface area contributed by atoms with Crippen LogP contribution in [0.4, 0.5) is 5.82 Å². The zero-order valence-electron chi connectivity index (χ0n) is 11.4. The van der Waals surface area contributed by atoms with Crippen LogP contribution in [0, 0.1) is 0 Å². The number of rotatable bonds is 5. The Balaban J connectivity index is 2.07. The van der Waals surface area contributed by atoms with Crippen LogP contribution in [0.15, 0.2) is 42.6 Å². The molecule has 1 N–H and O–H groups in total. The third kappa shape index (κ3) is 3.47. The summed E-state index contributed by atoms with van der Waals surface area (Å²) in [5, 5.41) is 2.73. The quantitative estimate of drug-likeness (QED) is 0.907. The molecule has 2 aromatic rings. The lowest BCUT2D eigenvalue weighted by atomic mass is 10.1. The van der Waals surface area contributed by atoms with Gasteiger partial charge in [0.1, 0.15) is 17.3 Å². The first-order valence-electron chi connectivity index (χ1n) is 6.14. The van der Waals surface area contributed by atoms with Crippen molar-refractivity contribution in [2.45, 2.75) is 6.42 Å². The first-order chi connectivity index (χ1) is 9.72.